The zero-order valence-corrected chi connectivity index (χ0v) is 14.3. The molecule has 0 saturated heterocycles. The number of carbonyl (C=O) groups is 2. The van der Waals surface area contributed by atoms with Crippen LogP contribution in [0.5, 0.6) is 0 Å². The minimum Gasteiger partial charge on any atom is -0.439 e. The quantitative estimate of drug-likeness (QED) is 0.548. The standard InChI is InChI=1S/C16H27NO4S/c1-17-16(19)21-15-10-6-4-3-5-9-14(15)20-11-7-8-13(18)12-22-2/h6,10,14-15H,3-5,7-9,11-12H2,1-2H3,(H,17,19)/b10-6+. The molecular weight excluding hydrogens is 302 g/mol. The maximum absolute atomic E-state index is 11.5. The number of ether oxygens (including phenoxy) is 2. The molecule has 0 aromatic heterocycles. The van der Waals surface area contributed by atoms with Crippen LogP contribution in [0.25, 0.3) is 0 Å². The fourth-order valence-electron chi connectivity index (χ4n) is 2.34. The molecule has 0 saturated carbocycles. The number of alkyl carbamates (subject to hydrolysis) is 1. The van der Waals surface area contributed by atoms with Crippen molar-refractivity contribution in [1.29, 1.82) is 0 Å². The fraction of sp³-hybridized carbons (Fsp3) is 0.750. The summed E-state index contributed by atoms with van der Waals surface area (Å²) in [6.45, 7) is 0.520. The number of rotatable bonds is 8. The average molecular weight is 329 g/mol. The third kappa shape index (κ3) is 7.84. The number of Topliss-reactive ketones (excluding diaryl/α,β-unsaturated/α-hetero) is 1. The average Bonchev–Trinajstić information content (AvgIpc) is 2.48. The SMILES string of the molecule is CNC(=O)OC1/C=C/CCCCC1OCCCC(=O)CSC. The summed E-state index contributed by atoms with van der Waals surface area (Å²) in [6, 6.07) is 0. The summed E-state index contributed by atoms with van der Waals surface area (Å²) >= 11 is 1.55. The van der Waals surface area contributed by atoms with Gasteiger partial charge in [0, 0.05) is 20.1 Å². The van der Waals surface area contributed by atoms with Gasteiger partial charge < -0.3 is 14.8 Å². The van der Waals surface area contributed by atoms with Gasteiger partial charge in [-0.15, -0.1) is 0 Å². The fourth-order valence-corrected chi connectivity index (χ4v) is 2.81. The van der Waals surface area contributed by atoms with E-state index in [2.05, 4.69) is 5.32 Å². The Hall–Kier alpha value is -1.01. The van der Waals surface area contributed by atoms with E-state index in [4.69, 9.17) is 9.47 Å². The molecule has 1 amide bonds. The Kier molecular flexibility index (Phi) is 9.99. The summed E-state index contributed by atoms with van der Waals surface area (Å²) in [6.07, 6.45) is 10.2. The summed E-state index contributed by atoms with van der Waals surface area (Å²) in [5.41, 5.74) is 0. The van der Waals surface area contributed by atoms with Crippen LogP contribution in [0.4, 0.5) is 4.79 Å². The topological polar surface area (TPSA) is 64.6 Å². The van der Waals surface area contributed by atoms with Gasteiger partial charge in [-0.25, -0.2) is 4.79 Å². The Bertz CT molecular complexity index is 373. The van der Waals surface area contributed by atoms with Crippen LogP contribution in [-0.4, -0.2) is 49.7 Å². The molecule has 0 aromatic rings. The Morgan fingerprint density at radius 2 is 2.18 bits per heavy atom. The van der Waals surface area contributed by atoms with Crippen LogP contribution in [-0.2, 0) is 14.3 Å². The second kappa shape index (κ2) is 11.5. The molecule has 0 aromatic carbocycles. The molecule has 22 heavy (non-hydrogen) atoms. The molecule has 0 bridgehead atoms. The number of ketones is 1. The second-order valence-electron chi connectivity index (χ2n) is 5.32. The molecule has 0 heterocycles. The zero-order valence-electron chi connectivity index (χ0n) is 13.5. The minimum atomic E-state index is -0.445. The third-order valence-electron chi connectivity index (χ3n) is 3.49. The van der Waals surface area contributed by atoms with Crippen molar-refractivity contribution >= 4 is 23.6 Å². The van der Waals surface area contributed by atoms with Gasteiger partial charge in [0.15, 0.2) is 0 Å². The van der Waals surface area contributed by atoms with Crippen molar-refractivity contribution in [1.82, 2.24) is 5.32 Å². The highest BCUT2D eigenvalue weighted by atomic mass is 32.2. The zero-order chi connectivity index (χ0) is 16.2. The van der Waals surface area contributed by atoms with Crippen molar-refractivity contribution in [2.45, 2.75) is 50.7 Å². The molecular formula is C16H27NO4S. The minimum absolute atomic E-state index is 0.135. The van der Waals surface area contributed by atoms with Gasteiger partial charge in [-0.1, -0.05) is 12.5 Å². The normalized spacial score (nSPS) is 23.2. The van der Waals surface area contributed by atoms with Gasteiger partial charge in [0.2, 0.25) is 0 Å². The Balaban J connectivity index is 2.43. The molecule has 0 radical (unpaired) electrons. The van der Waals surface area contributed by atoms with E-state index in [1.165, 1.54) is 0 Å². The van der Waals surface area contributed by atoms with Gasteiger partial charge in [-0.3, -0.25) is 4.79 Å². The van der Waals surface area contributed by atoms with E-state index in [9.17, 15) is 9.59 Å². The van der Waals surface area contributed by atoms with E-state index >= 15 is 0 Å². The number of carbonyl (C=O) groups excluding carboxylic acids is 2. The molecule has 6 heteroatoms. The lowest BCUT2D eigenvalue weighted by Gasteiger charge is -2.26. The molecule has 0 fully saturated rings. The Labute approximate surface area is 137 Å². The monoisotopic (exact) mass is 329 g/mol. The van der Waals surface area contributed by atoms with Gasteiger partial charge in [-0.2, -0.15) is 11.8 Å². The van der Waals surface area contributed by atoms with Crippen molar-refractivity contribution < 1.29 is 19.1 Å². The summed E-state index contributed by atoms with van der Waals surface area (Å²) in [5, 5.41) is 2.47. The number of nitrogens with one attached hydrogen (secondary N) is 1. The number of allylic oxidation sites excluding steroid dienone is 1. The lowest BCUT2D eigenvalue weighted by molar-refractivity contribution is -0.117. The van der Waals surface area contributed by atoms with Gasteiger partial charge >= 0.3 is 6.09 Å². The van der Waals surface area contributed by atoms with E-state index in [1.807, 2.05) is 18.4 Å². The largest absolute Gasteiger partial charge is 0.439 e. The van der Waals surface area contributed by atoms with Crippen LogP contribution < -0.4 is 5.32 Å². The Morgan fingerprint density at radius 3 is 2.91 bits per heavy atom. The first-order valence-electron chi connectivity index (χ1n) is 7.84. The maximum Gasteiger partial charge on any atom is 0.407 e. The first kappa shape index (κ1) is 19.0. The second-order valence-corrected chi connectivity index (χ2v) is 6.18. The van der Waals surface area contributed by atoms with E-state index < -0.39 is 6.09 Å². The highest BCUT2D eigenvalue weighted by molar-refractivity contribution is 7.99. The van der Waals surface area contributed by atoms with Crippen LogP contribution in [0.3, 0.4) is 0 Å². The van der Waals surface area contributed by atoms with Crippen LogP contribution in [0, 0.1) is 0 Å². The molecule has 2 unspecified atom stereocenters. The summed E-state index contributed by atoms with van der Waals surface area (Å²) in [4.78, 5) is 22.9. The first-order valence-corrected chi connectivity index (χ1v) is 9.24. The van der Waals surface area contributed by atoms with Crippen LogP contribution in [0.1, 0.15) is 38.5 Å². The highest BCUT2D eigenvalue weighted by Gasteiger charge is 2.24. The lowest BCUT2D eigenvalue weighted by Crippen LogP contribution is -2.35. The number of hydrogen-bond donors (Lipinski definition) is 1. The highest BCUT2D eigenvalue weighted by Crippen LogP contribution is 2.19. The van der Waals surface area contributed by atoms with Crippen molar-refractivity contribution in [3.63, 3.8) is 0 Å². The number of amides is 1. The van der Waals surface area contributed by atoms with Crippen molar-refractivity contribution in [3.05, 3.63) is 12.2 Å². The molecule has 1 rings (SSSR count). The third-order valence-corrected chi connectivity index (χ3v) is 4.10. The maximum atomic E-state index is 11.5. The van der Waals surface area contributed by atoms with Gasteiger partial charge in [0.05, 0.1) is 11.9 Å². The van der Waals surface area contributed by atoms with E-state index in [-0.39, 0.29) is 18.0 Å². The predicted molar refractivity (Wildman–Crippen MR) is 89.3 cm³/mol. The smallest absolute Gasteiger partial charge is 0.407 e. The van der Waals surface area contributed by atoms with Crippen molar-refractivity contribution in [2.24, 2.45) is 0 Å². The van der Waals surface area contributed by atoms with E-state index in [0.29, 0.717) is 25.2 Å². The molecule has 1 N–H and O–H groups in total. The summed E-state index contributed by atoms with van der Waals surface area (Å²) < 4.78 is 11.3. The predicted octanol–water partition coefficient (Wildman–Crippen LogP) is 2.94. The van der Waals surface area contributed by atoms with Crippen LogP contribution in [0.2, 0.25) is 0 Å². The van der Waals surface area contributed by atoms with Crippen molar-refractivity contribution in [3.8, 4) is 0 Å². The van der Waals surface area contributed by atoms with Crippen LogP contribution >= 0.6 is 11.8 Å². The lowest BCUT2D eigenvalue weighted by atomic mass is 10.0. The molecule has 1 aliphatic rings. The van der Waals surface area contributed by atoms with Crippen LogP contribution in [0.15, 0.2) is 12.2 Å². The van der Waals surface area contributed by atoms with E-state index in [1.54, 1.807) is 18.8 Å². The molecule has 2 atom stereocenters. The molecule has 1 aliphatic carbocycles. The summed E-state index contributed by atoms with van der Waals surface area (Å²) in [5.74, 6) is 0.820. The molecule has 5 nitrogen and oxygen atoms in total. The first-order chi connectivity index (χ1) is 10.7. The molecule has 0 aliphatic heterocycles. The van der Waals surface area contributed by atoms with Gasteiger partial charge in [0.1, 0.15) is 11.9 Å². The Morgan fingerprint density at radius 1 is 1.36 bits per heavy atom. The number of hydrogen-bond acceptors (Lipinski definition) is 5. The number of thioether (sulfide) groups is 1. The van der Waals surface area contributed by atoms with Crippen molar-refractivity contribution in [2.75, 3.05) is 25.7 Å². The summed E-state index contributed by atoms with van der Waals surface area (Å²) in [7, 11) is 1.54. The van der Waals surface area contributed by atoms with Gasteiger partial charge in [-0.05, 0) is 38.0 Å². The molecule has 126 valence electrons. The molecule has 0 spiro atoms. The van der Waals surface area contributed by atoms with E-state index in [0.717, 1.165) is 25.7 Å². The van der Waals surface area contributed by atoms with Gasteiger partial charge in [0.25, 0.3) is 0 Å².